The number of methoxy groups -OCH3 is 2. The van der Waals surface area contributed by atoms with Crippen LogP contribution in [0.4, 0.5) is 0 Å². The van der Waals surface area contributed by atoms with E-state index in [1.807, 2.05) is 0 Å². The first-order valence-corrected chi connectivity index (χ1v) is 9.27. The monoisotopic (exact) mass is 418 g/mol. The van der Waals surface area contributed by atoms with Gasteiger partial charge in [-0.1, -0.05) is 47.5 Å². The molecule has 0 atom stereocenters. The highest BCUT2D eigenvalue weighted by Gasteiger charge is 2.15. The predicted octanol–water partition coefficient (Wildman–Crippen LogP) is 5.59. The van der Waals surface area contributed by atoms with Gasteiger partial charge in [0.25, 0.3) is 0 Å². The second-order valence-corrected chi connectivity index (χ2v) is 6.80. The Kier molecular flexibility index (Phi) is 8.30. The van der Waals surface area contributed by atoms with Crippen LogP contribution < -0.4 is 0 Å². The number of benzene rings is 2. The summed E-state index contributed by atoms with van der Waals surface area (Å²) in [5.41, 5.74) is 2.50. The molecule has 0 radical (unpaired) electrons. The van der Waals surface area contributed by atoms with E-state index in [0.29, 0.717) is 34.0 Å². The quantitative estimate of drug-likeness (QED) is 0.434. The number of carbonyl (C=O) groups is 2. The maximum Gasteiger partial charge on any atom is 0.333 e. The minimum atomic E-state index is -0.453. The van der Waals surface area contributed by atoms with Crippen LogP contribution in [0.5, 0.6) is 0 Å². The Labute approximate surface area is 174 Å². The average molecular weight is 419 g/mol. The van der Waals surface area contributed by atoms with Gasteiger partial charge in [-0.05, 0) is 60.4 Å². The summed E-state index contributed by atoms with van der Waals surface area (Å²) in [5.74, 6) is -0.906. The second-order valence-electron chi connectivity index (χ2n) is 5.93. The van der Waals surface area contributed by atoms with Gasteiger partial charge in [-0.25, -0.2) is 9.59 Å². The molecule has 0 amide bonds. The van der Waals surface area contributed by atoms with Gasteiger partial charge in [-0.3, -0.25) is 0 Å². The summed E-state index contributed by atoms with van der Waals surface area (Å²) in [6.07, 6.45) is 4.06. The van der Waals surface area contributed by atoms with Crippen molar-refractivity contribution in [2.24, 2.45) is 0 Å². The Morgan fingerprint density at radius 1 is 0.714 bits per heavy atom. The first kappa shape index (κ1) is 21.7. The van der Waals surface area contributed by atoms with Crippen molar-refractivity contribution in [3.8, 4) is 0 Å². The minimum Gasteiger partial charge on any atom is -0.466 e. The molecule has 0 aliphatic carbocycles. The summed E-state index contributed by atoms with van der Waals surface area (Å²) in [4.78, 5) is 24.3. The van der Waals surface area contributed by atoms with Gasteiger partial charge in [0.1, 0.15) is 0 Å². The molecule has 28 heavy (non-hydrogen) atoms. The molecule has 0 aliphatic heterocycles. The Balaban J connectivity index is 2.25. The Morgan fingerprint density at radius 2 is 1.04 bits per heavy atom. The fourth-order valence-corrected chi connectivity index (χ4v) is 2.77. The molecule has 0 N–H and O–H groups in total. The van der Waals surface area contributed by atoms with Gasteiger partial charge in [-0.15, -0.1) is 0 Å². The van der Waals surface area contributed by atoms with E-state index in [0.717, 1.165) is 11.1 Å². The molecule has 0 aromatic heterocycles. The molecule has 0 fully saturated rings. The van der Waals surface area contributed by atoms with Crippen molar-refractivity contribution in [2.75, 3.05) is 14.2 Å². The Bertz CT molecular complexity index is 806. The third-order valence-corrected chi connectivity index (χ3v) is 4.48. The topological polar surface area (TPSA) is 52.6 Å². The van der Waals surface area contributed by atoms with Gasteiger partial charge < -0.3 is 9.47 Å². The number of esters is 2. The number of ether oxygens (including phenoxy) is 2. The molecule has 0 bridgehead atoms. The van der Waals surface area contributed by atoms with E-state index in [1.54, 1.807) is 60.7 Å². The Hall–Kier alpha value is -2.56. The van der Waals surface area contributed by atoms with Crippen molar-refractivity contribution in [2.45, 2.75) is 12.8 Å². The maximum atomic E-state index is 12.2. The first-order chi connectivity index (χ1) is 13.4. The first-order valence-electron chi connectivity index (χ1n) is 8.52. The third kappa shape index (κ3) is 6.55. The van der Waals surface area contributed by atoms with Crippen molar-refractivity contribution in [3.63, 3.8) is 0 Å². The maximum absolute atomic E-state index is 12.2. The minimum absolute atomic E-state index is 0.309. The molecular weight excluding hydrogens is 399 g/mol. The lowest BCUT2D eigenvalue weighted by molar-refractivity contribution is -0.137. The molecule has 0 heterocycles. The molecule has 2 rings (SSSR count). The zero-order valence-corrected chi connectivity index (χ0v) is 17.1. The molecule has 0 saturated carbocycles. The molecule has 0 unspecified atom stereocenters. The van der Waals surface area contributed by atoms with Crippen LogP contribution in [0, 0.1) is 0 Å². The van der Waals surface area contributed by atoms with Gasteiger partial charge >= 0.3 is 11.9 Å². The van der Waals surface area contributed by atoms with Gasteiger partial charge in [0.2, 0.25) is 0 Å². The molecule has 6 heteroatoms. The summed E-state index contributed by atoms with van der Waals surface area (Å²) in [6, 6.07) is 14.2. The predicted molar refractivity (Wildman–Crippen MR) is 112 cm³/mol. The van der Waals surface area contributed by atoms with E-state index in [9.17, 15) is 9.59 Å². The lowest BCUT2D eigenvalue weighted by Crippen LogP contribution is -2.09. The zero-order valence-electron chi connectivity index (χ0n) is 15.6. The van der Waals surface area contributed by atoms with Crippen LogP contribution in [-0.4, -0.2) is 26.2 Å². The molecule has 0 saturated heterocycles. The fraction of sp³-hybridized carbons (Fsp3) is 0.182. The molecule has 0 aliphatic rings. The van der Waals surface area contributed by atoms with E-state index in [1.165, 1.54) is 14.2 Å². The summed E-state index contributed by atoms with van der Waals surface area (Å²) in [5, 5.41) is 1.21. The van der Waals surface area contributed by atoms with Gasteiger partial charge in [-0.2, -0.15) is 0 Å². The molecular formula is C22H20Cl2O4. The molecule has 2 aromatic carbocycles. The molecule has 146 valence electrons. The third-order valence-electron chi connectivity index (χ3n) is 3.98. The van der Waals surface area contributed by atoms with Crippen LogP contribution in [0.1, 0.15) is 24.0 Å². The van der Waals surface area contributed by atoms with E-state index >= 15 is 0 Å². The van der Waals surface area contributed by atoms with Gasteiger partial charge in [0.15, 0.2) is 0 Å². The number of rotatable bonds is 7. The van der Waals surface area contributed by atoms with Crippen molar-refractivity contribution in [1.29, 1.82) is 0 Å². The SMILES string of the molecule is COC(=O)/C(=C/c1ccc(Cl)cc1)CC/C(=C\c1ccc(Cl)cc1)C(=O)OC. The lowest BCUT2D eigenvalue weighted by atomic mass is 10.0. The normalized spacial score (nSPS) is 11.9. The van der Waals surface area contributed by atoms with E-state index in [-0.39, 0.29) is 0 Å². The smallest absolute Gasteiger partial charge is 0.333 e. The highest BCUT2D eigenvalue weighted by molar-refractivity contribution is 6.30. The highest BCUT2D eigenvalue weighted by atomic mass is 35.5. The second kappa shape index (κ2) is 10.7. The molecule has 0 spiro atoms. The van der Waals surface area contributed by atoms with E-state index in [2.05, 4.69) is 0 Å². The number of hydrogen-bond acceptors (Lipinski definition) is 4. The van der Waals surface area contributed by atoms with Gasteiger partial charge in [0, 0.05) is 21.2 Å². The van der Waals surface area contributed by atoms with Crippen LogP contribution in [0.25, 0.3) is 12.2 Å². The fourth-order valence-electron chi connectivity index (χ4n) is 2.52. The lowest BCUT2D eigenvalue weighted by Gasteiger charge is -2.09. The van der Waals surface area contributed by atoms with Crippen LogP contribution in [-0.2, 0) is 19.1 Å². The zero-order chi connectivity index (χ0) is 20.5. The van der Waals surface area contributed by atoms with Crippen LogP contribution in [0.2, 0.25) is 10.0 Å². The highest BCUT2D eigenvalue weighted by Crippen LogP contribution is 2.21. The van der Waals surface area contributed by atoms with Crippen molar-refractivity contribution < 1.29 is 19.1 Å². The number of hydrogen-bond donors (Lipinski definition) is 0. The summed E-state index contributed by atoms with van der Waals surface area (Å²) >= 11 is 11.8. The van der Waals surface area contributed by atoms with Crippen molar-refractivity contribution in [3.05, 3.63) is 80.8 Å². The molecule has 2 aromatic rings. The van der Waals surface area contributed by atoms with Crippen LogP contribution in [0.15, 0.2) is 59.7 Å². The average Bonchev–Trinajstić information content (AvgIpc) is 2.71. The van der Waals surface area contributed by atoms with Gasteiger partial charge in [0.05, 0.1) is 14.2 Å². The van der Waals surface area contributed by atoms with Crippen molar-refractivity contribution in [1.82, 2.24) is 0 Å². The van der Waals surface area contributed by atoms with E-state index in [4.69, 9.17) is 32.7 Å². The number of carbonyl (C=O) groups excluding carboxylic acids is 2. The molecule has 4 nitrogen and oxygen atoms in total. The van der Waals surface area contributed by atoms with Crippen molar-refractivity contribution >= 4 is 47.3 Å². The number of halogens is 2. The summed E-state index contributed by atoms with van der Waals surface area (Å²) in [7, 11) is 2.64. The Morgan fingerprint density at radius 3 is 1.32 bits per heavy atom. The summed E-state index contributed by atoms with van der Waals surface area (Å²) in [6.45, 7) is 0. The summed E-state index contributed by atoms with van der Waals surface area (Å²) < 4.78 is 9.75. The van der Waals surface area contributed by atoms with Crippen LogP contribution in [0.3, 0.4) is 0 Å². The van der Waals surface area contributed by atoms with Crippen LogP contribution >= 0.6 is 23.2 Å². The largest absolute Gasteiger partial charge is 0.466 e. The standard InChI is InChI=1S/C22H20Cl2O4/c1-27-21(25)17(13-15-3-9-19(23)10-4-15)7-8-18(22(26)28-2)14-16-5-11-20(24)12-6-16/h3-6,9-14H,7-8H2,1-2H3/b17-13+,18-14+. The van der Waals surface area contributed by atoms with E-state index < -0.39 is 11.9 Å².